The molecule has 2 heterocycles. The zero-order valence-electron chi connectivity index (χ0n) is 36.3. The Morgan fingerprint density at radius 2 is 1.53 bits per heavy atom. The molecule has 0 unspecified atom stereocenters. The average Bonchev–Trinajstić information content (AvgIpc) is 4.10. The van der Waals surface area contributed by atoms with Crippen molar-refractivity contribution in [2.45, 2.75) is 161 Å². The summed E-state index contributed by atoms with van der Waals surface area (Å²) in [6.07, 6.45) is 11.1. The number of ether oxygens (including phenoxy) is 1. The van der Waals surface area contributed by atoms with Gasteiger partial charge >= 0.3 is 0 Å². The predicted molar refractivity (Wildman–Crippen MR) is 221 cm³/mol. The van der Waals surface area contributed by atoms with E-state index in [0.717, 1.165) is 51.4 Å². The van der Waals surface area contributed by atoms with Crippen LogP contribution in [0.1, 0.15) is 138 Å². The van der Waals surface area contributed by atoms with Gasteiger partial charge in [-0.2, -0.15) is 0 Å². The predicted octanol–water partition coefficient (Wildman–Crippen LogP) is 5.34. The fourth-order valence-electron chi connectivity index (χ4n) is 12.2. The number of amides is 3. The van der Waals surface area contributed by atoms with Crippen molar-refractivity contribution in [2.24, 2.45) is 44.8 Å². The highest BCUT2D eigenvalue weighted by Crippen LogP contribution is 2.88. The van der Waals surface area contributed by atoms with Gasteiger partial charge in [0, 0.05) is 43.8 Å². The summed E-state index contributed by atoms with van der Waals surface area (Å²) in [6.45, 7) is 20.8. The summed E-state index contributed by atoms with van der Waals surface area (Å²) in [7, 11) is -3.83. The highest BCUT2D eigenvalue weighted by molar-refractivity contribution is 7.90. The average molecular weight is 827 g/mol. The summed E-state index contributed by atoms with van der Waals surface area (Å²) in [5, 5.41) is 2.64. The Morgan fingerprint density at radius 3 is 2.05 bits per heavy atom. The van der Waals surface area contributed by atoms with Crippen LogP contribution in [-0.4, -0.2) is 103 Å². The third-order valence-corrected chi connectivity index (χ3v) is 18.7. The van der Waals surface area contributed by atoms with Gasteiger partial charge in [0.25, 0.3) is 0 Å². The first-order valence-electron chi connectivity index (χ1n) is 22.3. The van der Waals surface area contributed by atoms with Crippen LogP contribution < -0.4 is 10.0 Å². The lowest BCUT2D eigenvalue weighted by atomic mass is 9.73. The third-order valence-electron chi connectivity index (χ3n) is 16.9. The fraction of sp³-hybridized carbons (Fsp3) is 0.844. The normalized spacial score (nSPS) is 31.9. The number of hydrogen-bond acceptors (Lipinski definition) is 9. The number of ketones is 2. The number of fused-ring (bicyclic) bond motifs is 1. The van der Waals surface area contributed by atoms with Crippen LogP contribution in [0.3, 0.4) is 0 Å². The van der Waals surface area contributed by atoms with E-state index in [1.54, 1.807) is 11.0 Å². The van der Waals surface area contributed by atoms with Crippen molar-refractivity contribution in [1.29, 1.82) is 0 Å². The zero-order chi connectivity index (χ0) is 42.3. The van der Waals surface area contributed by atoms with Crippen LogP contribution in [0, 0.1) is 44.8 Å². The summed E-state index contributed by atoms with van der Waals surface area (Å²) in [5.74, 6) is -2.61. The number of carbonyl (C=O) groups excluding carboxylic acids is 5. The van der Waals surface area contributed by atoms with E-state index >= 15 is 4.79 Å². The van der Waals surface area contributed by atoms with Crippen molar-refractivity contribution < 1.29 is 37.1 Å². The van der Waals surface area contributed by atoms with Crippen LogP contribution in [0.2, 0.25) is 0 Å². The summed E-state index contributed by atoms with van der Waals surface area (Å²) >= 11 is 0. The lowest BCUT2D eigenvalue weighted by Crippen LogP contribution is -2.61. The molecular weight excluding hydrogens is 757 g/mol. The molecule has 0 aromatic carbocycles. The number of hydrogen-bond donors (Lipinski definition) is 2. The Morgan fingerprint density at radius 1 is 0.897 bits per heavy atom. The van der Waals surface area contributed by atoms with E-state index in [-0.39, 0.29) is 64.3 Å². The molecule has 2 saturated heterocycles. The van der Waals surface area contributed by atoms with Gasteiger partial charge in [-0.15, -0.1) is 6.58 Å². The number of rotatable bonds is 15. The molecule has 2 N–H and O–H groups in total. The third kappa shape index (κ3) is 7.22. The molecule has 2 aliphatic heterocycles. The van der Waals surface area contributed by atoms with E-state index in [2.05, 4.69) is 35.4 Å². The smallest absolute Gasteiger partial charge is 0.240 e. The first kappa shape index (κ1) is 43.4. The largest absolute Gasteiger partial charge is 0.379 e. The van der Waals surface area contributed by atoms with Crippen LogP contribution in [0.25, 0.3) is 0 Å². The maximum Gasteiger partial charge on any atom is 0.240 e. The van der Waals surface area contributed by atoms with Crippen LogP contribution >= 0.6 is 0 Å². The second-order valence-corrected chi connectivity index (χ2v) is 23.4. The minimum atomic E-state index is -3.83. The van der Waals surface area contributed by atoms with E-state index in [1.807, 2.05) is 34.6 Å². The number of morpholine rings is 1. The molecule has 13 heteroatoms. The molecule has 7 rings (SSSR count). The lowest BCUT2D eigenvalue weighted by molar-refractivity contribution is -0.147. The van der Waals surface area contributed by atoms with Gasteiger partial charge in [-0.05, 0) is 93.3 Å². The topological polar surface area (TPSA) is 159 Å². The van der Waals surface area contributed by atoms with Crippen LogP contribution in [-0.2, 0) is 38.7 Å². The highest BCUT2D eigenvalue weighted by atomic mass is 32.2. The quantitative estimate of drug-likeness (QED) is 0.208. The lowest BCUT2D eigenvalue weighted by Gasteiger charge is -2.41. The molecule has 5 aliphatic carbocycles. The molecule has 7 fully saturated rings. The van der Waals surface area contributed by atoms with Crippen molar-refractivity contribution in [1.82, 2.24) is 19.8 Å². The zero-order valence-corrected chi connectivity index (χ0v) is 37.1. The molecule has 3 amide bonds. The number of allylic oxidation sites excluding steroid dienone is 1. The van der Waals surface area contributed by atoms with Crippen molar-refractivity contribution in [3.05, 3.63) is 12.7 Å². The molecular formula is C45H70N4O8S. The number of likely N-dealkylation sites (tertiary alicyclic amines) is 1. The molecule has 6 atom stereocenters. The second kappa shape index (κ2) is 15.1. The Labute approximate surface area is 346 Å². The Hall–Kier alpha value is -2.64. The molecule has 12 nitrogen and oxygen atoms in total. The van der Waals surface area contributed by atoms with Crippen LogP contribution in [0.15, 0.2) is 12.7 Å². The molecule has 0 aromatic rings. The molecule has 58 heavy (non-hydrogen) atoms. The van der Waals surface area contributed by atoms with Gasteiger partial charge in [-0.1, -0.05) is 66.4 Å². The monoisotopic (exact) mass is 826 g/mol. The molecule has 5 saturated carbocycles. The second-order valence-electron chi connectivity index (χ2n) is 21.4. The maximum atomic E-state index is 15.3. The first-order chi connectivity index (χ1) is 27.1. The Kier molecular flexibility index (Phi) is 11.3. The Balaban J connectivity index is 1.15. The van der Waals surface area contributed by atoms with E-state index in [0.29, 0.717) is 58.5 Å². The standard InChI is InChI=1S/C45H70N4O8S/c1-9-30-25-43(30,39(54)47-58(55,56)31-16-17-31)27-35(51)33-26-45(42(7,8)44(45)18-13-19-44)28-49(33)37(52)32(40(2,3)4)24-34(50)36(29-14-11-10-12-15-29)46-38(53)41(5,6)48-20-22-57-23-21-48/h9,29-33,36H,1,10-28H2,2-8H3,(H,46,53)(H,47,54)/t30-,32+,33-,36-,43-,45+/m0/s1. The van der Waals surface area contributed by atoms with E-state index in [4.69, 9.17) is 4.74 Å². The number of nitrogens with one attached hydrogen (secondary N) is 2. The summed E-state index contributed by atoms with van der Waals surface area (Å²) in [4.78, 5) is 76.6. The molecule has 0 aromatic heterocycles. The molecule has 2 spiro atoms. The minimum absolute atomic E-state index is 0.0287. The van der Waals surface area contributed by atoms with Gasteiger partial charge in [0.1, 0.15) is 0 Å². The first-order valence-corrected chi connectivity index (χ1v) is 23.8. The highest BCUT2D eigenvalue weighted by Gasteiger charge is 2.85. The minimum Gasteiger partial charge on any atom is -0.379 e. The number of nitrogens with zero attached hydrogens (tertiary/aromatic N) is 2. The summed E-state index contributed by atoms with van der Waals surface area (Å²) in [6, 6.07) is -1.53. The maximum absolute atomic E-state index is 15.3. The number of carbonyl (C=O) groups is 5. The molecule has 0 bridgehead atoms. The van der Waals surface area contributed by atoms with E-state index < -0.39 is 55.6 Å². The van der Waals surface area contributed by atoms with E-state index in [9.17, 15) is 27.6 Å². The van der Waals surface area contributed by atoms with Gasteiger partial charge in [-0.3, -0.25) is 33.6 Å². The van der Waals surface area contributed by atoms with Gasteiger partial charge in [0.05, 0.1) is 41.5 Å². The van der Waals surface area contributed by atoms with Crippen molar-refractivity contribution in [2.75, 3.05) is 32.8 Å². The molecule has 7 aliphatic rings. The van der Waals surface area contributed by atoms with E-state index in [1.165, 1.54) is 0 Å². The summed E-state index contributed by atoms with van der Waals surface area (Å²) in [5.41, 5.74) is -3.07. The van der Waals surface area contributed by atoms with Crippen molar-refractivity contribution >= 4 is 39.3 Å². The summed E-state index contributed by atoms with van der Waals surface area (Å²) < 4.78 is 33.6. The van der Waals surface area contributed by atoms with Crippen LogP contribution in [0.5, 0.6) is 0 Å². The Bertz CT molecular complexity index is 1800. The SMILES string of the molecule is C=C[C@H]1C[C@@]1(CC(=O)[C@@H]1C[C@@]2(CN1C(=O)[C@@H](CC(=O)[C@@H](NC(=O)C(C)(C)N1CCOCC1)C1CCCCC1)C(C)(C)C)C(C)(C)C21CCC1)C(=O)NS(=O)(=O)C1CC1. The van der Waals surface area contributed by atoms with Crippen LogP contribution in [0.4, 0.5) is 0 Å². The van der Waals surface area contributed by atoms with Gasteiger partial charge in [0.15, 0.2) is 11.6 Å². The van der Waals surface area contributed by atoms with Gasteiger partial charge in [-0.25, -0.2) is 8.42 Å². The molecule has 0 radical (unpaired) electrons. The molecule has 324 valence electrons. The van der Waals surface area contributed by atoms with Crippen molar-refractivity contribution in [3.63, 3.8) is 0 Å². The van der Waals surface area contributed by atoms with Crippen molar-refractivity contribution in [3.8, 4) is 0 Å². The number of sulfonamides is 1. The van der Waals surface area contributed by atoms with Gasteiger partial charge in [0.2, 0.25) is 27.7 Å². The fourth-order valence-corrected chi connectivity index (χ4v) is 13.6. The van der Waals surface area contributed by atoms with Gasteiger partial charge < -0.3 is 15.0 Å². The number of Topliss-reactive ketones (excluding diaryl/α,β-unsaturated/α-hetero) is 2.